The van der Waals surface area contributed by atoms with Crippen LogP contribution >= 0.6 is 11.6 Å². The fourth-order valence-corrected chi connectivity index (χ4v) is 2.84. The van der Waals surface area contributed by atoms with E-state index in [-0.39, 0.29) is 6.04 Å². The lowest BCUT2D eigenvalue weighted by molar-refractivity contribution is 0.718. The summed E-state index contributed by atoms with van der Waals surface area (Å²) in [5.74, 6) is 0.914. The van der Waals surface area contributed by atoms with Gasteiger partial charge in [0.15, 0.2) is 0 Å². The van der Waals surface area contributed by atoms with Crippen LogP contribution in [-0.2, 0) is 0 Å². The van der Waals surface area contributed by atoms with Crippen molar-refractivity contribution in [1.82, 2.24) is 0 Å². The lowest BCUT2D eigenvalue weighted by Crippen LogP contribution is -2.28. The Bertz CT molecular complexity index is 436. The summed E-state index contributed by atoms with van der Waals surface area (Å²) in [7, 11) is 0. The van der Waals surface area contributed by atoms with Crippen molar-refractivity contribution in [3.8, 4) is 0 Å². The maximum atomic E-state index is 6.34. The van der Waals surface area contributed by atoms with Crippen LogP contribution in [0.4, 0.5) is 5.69 Å². The molecular weight excluding hydrogens is 244 g/mol. The third-order valence-corrected chi connectivity index (χ3v) is 4.27. The summed E-state index contributed by atoms with van der Waals surface area (Å²) in [6.07, 6.45) is 5.46. The van der Waals surface area contributed by atoms with Crippen LogP contribution in [0.15, 0.2) is 18.2 Å². The number of anilines is 1. The standard InChI is InChI=1S/C15H21ClN2/c1-10(17)14-7-6-13(8-15(14)16)18(12-4-5-12)9-11-2-3-11/h6-8,10-12H,2-5,9,17H2,1H3. The Labute approximate surface area is 114 Å². The van der Waals surface area contributed by atoms with E-state index in [9.17, 15) is 0 Å². The lowest BCUT2D eigenvalue weighted by atomic mass is 10.1. The Hall–Kier alpha value is -0.730. The zero-order valence-electron chi connectivity index (χ0n) is 10.9. The number of hydrogen-bond donors (Lipinski definition) is 1. The number of benzene rings is 1. The van der Waals surface area contributed by atoms with E-state index in [1.54, 1.807) is 0 Å². The summed E-state index contributed by atoms with van der Waals surface area (Å²) < 4.78 is 0. The lowest BCUT2D eigenvalue weighted by Gasteiger charge is -2.25. The molecule has 1 aromatic rings. The van der Waals surface area contributed by atoms with Crippen LogP contribution in [0.5, 0.6) is 0 Å². The fourth-order valence-electron chi connectivity index (χ4n) is 2.49. The minimum Gasteiger partial charge on any atom is -0.368 e. The molecule has 1 atom stereocenters. The molecule has 1 aromatic carbocycles. The molecule has 1 unspecified atom stereocenters. The monoisotopic (exact) mass is 264 g/mol. The highest BCUT2D eigenvalue weighted by Crippen LogP contribution is 2.39. The maximum Gasteiger partial charge on any atom is 0.0474 e. The van der Waals surface area contributed by atoms with Gasteiger partial charge in [0.05, 0.1) is 0 Å². The molecule has 3 heteroatoms. The van der Waals surface area contributed by atoms with E-state index in [4.69, 9.17) is 17.3 Å². The zero-order chi connectivity index (χ0) is 12.7. The van der Waals surface area contributed by atoms with Crippen LogP contribution in [0, 0.1) is 5.92 Å². The number of rotatable bonds is 5. The van der Waals surface area contributed by atoms with Gasteiger partial charge in [-0.05, 0) is 56.2 Å². The molecule has 98 valence electrons. The molecule has 0 heterocycles. The van der Waals surface area contributed by atoms with Crippen molar-refractivity contribution in [3.63, 3.8) is 0 Å². The first-order valence-corrected chi connectivity index (χ1v) is 7.34. The second-order valence-electron chi connectivity index (χ2n) is 5.82. The van der Waals surface area contributed by atoms with E-state index >= 15 is 0 Å². The molecular formula is C15H21ClN2. The molecule has 3 rings (SSSR count). The summed E-state index contributed by atoms with van der Waals surface area (Å²) >= 11 is 6.34. The summed E-state index contributed by atoms with van der Waals surface area (Å²) in [5, 5.41) is 0.809. The van der Waals surface area contributed by atoms with E-state index in [1.807, 2.05) is 6.92 Å². The van der Waals surface area contributed by atoms with Crippen LogP contribution in [0.2, 0.25) is 5.02 Å². The van der Waals surface area contributed by atoms with Crippen LogP contribution in [0.1, 0.15) is 44.2 Å². The van der Waals surface area contributed by atoms with Gasteiger partial charge in [0.2, 0.25) is 0 Å². The van der Waals surface area contributed by atoms with E-state index in [1.165, 1.54) is 37.9 Å². The first-order valence-electron chi connectivity index (χ1n) is 6.97. The molecule has 0 aliphatic heterocycles. The third kappa shape index (κ3) is 2.65. The van der Waals surface area contributed by atoms with Gasteiger partial charge in [0.1, 0.15) is 0 Å². The topological polar surface area (TPSA) is 29.3 Å². The molecule has 2 saturated carbocycles. The van der Waals surface area contributed by atoms with Gasteiger partial charge in [-0.3, -0.25) is 0 Å². The quantitative estimate of drug-likeness (QED) is 0.878. The molecule has 2 N–H and O–H groups in total. The van der Waals surface area contributed by atoms with Crippen molar-refractivity contribution < 1.29 is 0 Å². The van der Waals surface area contributed by atoms with E-state index in [0.29, 0.717) is 0 Å². The highest BCUT2D eigenvalue weighted by molar-refractivity contribution is 6.31. The van der Waals surface area contributed by atoms with Crippen molar-refractivity contribution in [2.24, 2.45) is 11.7 Å². The number of halogens is 1. The highest BCUT2D eigenvalue weighted by atomic mass is 35.5. The molecule has 0 radical (unpaired) electrons. The van der Waals surface area contributed by atoms with Gasteiger partial charge in [-0.25, -0.2) is 0 Å². The highest BCUT2D eigenvalue weighted by Gasteiger charge is 2.33. The van der Waals surface area contributed by atoms with Gasteiger partial charge in [0, 0.05) is 29.3 Å². The molecule has 0 amide bonds. The van der Waals surface area contributed by atoms with Crippen LogP contribution in [0.25, 0.3) is 0 Å². The predicted molar refractivity (Wildman–Crippen MR) is 77.1 cm³/mol. The molecule has 2 aliphatic carbocycles. The Kier molecular flexibility index (Phi) is 3.25. The minimum absolute atomic E-state index is 0.00403. The number of hydrogen-bond acceptors (Lipinski definition) is 2. The molecule has 0 saturated heterocycles. The fraction of sp³-hybridized carbons (Fsp3) is 0.600. The van der Waals surface area contributed by atoms with Gasteiger partial charge in [-0.1, -0.05) is 17.7 Å². The third-order valence-electron chi connectivity index (χ3n) is 3.95. The van der Waals surface area contributed by atoms with Gasteiger partial charge in [0.25, 0.3) is 0 Å². The van der Waals surface area contributed by atoms with Crippen molar-refractivity contribution in [1.29, 1.82) is 0 Å². The van der Waals surface area contributed by atoms with E-state index in [2.05, 4.69) is 23.1 Å². The van der Waals surface area contributed by atoms with Crippen molar-refractivity contribution in [2.45, 2.75) is 44.7 Å². The van der Waals surface area contributed by atoms with E-state index < -0.39 is 0 Å². The number of nitrogens with two attached hydrogens (primary N) is 1. The number of nitrogens with zero attached hydrogens (tertiary/aromatic N) is 1. The van der Waals surface area contributed by atoms with Gasteiger partial charge < -0.3 is 10.6 Å². The second kappa shape index (κ2) is 4.75. The van der Waals surface area contributed by atoms with Gasteiger partial charge in [-0.2, -0.15) is 0 Å². The predicted octanol–water partition coefficient (Wildman–Crippen LogP) is 3.74. The summed E-state index contributed by atoms with van der Waals surface area (Å²) in [6, 6.07) is 7.13. The first-order chi connectivity index (χ1) is 8.65. The van der Waals surface area contributed by atoms with Crippen LogP contribution in [-0.4, -0.2) is 12.6 Å². The Morgan fingerprint density at radius 2 is 2.06 bits per heavy atom. The smallest absolute Gasteiger partial charge is 0.0474 e. The van der Waals surface area contributed by atoms with Crippen molar-refractivity contribution >= 4 is 17.3 Å². The molecule has 18 heavy (non-hydrogen) atoms. The summed E-state index contributed by atoms with van der Waals surface area (Å²) in [4.78, 5) is 2.55. The normalized spacial score (nSPS) is 20.8. The average Bonchev–Trinajstić information content (AvgIpc) is 3.18. The summed E-state index contributed by atoms with van der Waals surface area (Å²) in [5.41, 5.74) is 8.23. The van der Waals surface area contributed by atoms with Crippen molar-refractivity contribution in [2.75, 3.05) is 11.4 Å². The molecule has 2 nitrogen and oxygen atoms in total. The second-order valence-corrected chi connectivity index (χ2v) is 6.23. The van der Waals surface area contributed by atoms with Crippen LogP contribution < -0.4 is 10.6 Å². The van der Waals surface area contributed by atoms with Gasteiger partial charge >= 0.3 is 0 Å². The Morgan fingerprint density at radius 1 is 1.33 bits per heavy atom. The largest absolute Gasteiger partial charge is 0.368 e. The Balaban J connectivity index is 1.82. The molecule has 0 bridgehead atoms. The molecule has 2 fully saturated rings. The zero-order valence-corrected chi connectivity index (χ0v) is 11.7. The first kappa shape index (κ1) is 12.3. The average molecular weight is 265 g/mol. The van der Waals surface area contributed by atoms with E-state index in [0.717, 1.165) is 22.5 Å². The minimum atomic E-state index is 0.00403. The molecule has 2 aliphatic rings. The summed E-state index contributed by atoms with van der Waals surface area (Å²) in [6.45, 7) is 3.18. The molecule has 0 spiro atoms. The van der Waals surface area contributed by atoms with Crippen molar-refractivity contribution in [3.05, 3.63) is 28.8 Å². The van der Waals surface area contributed by atoms with Gasteiger partial charge in [-0.15, -0.1) is 0 Å². The maximum absolute atomic E-state index is 6.34. The van der Waals surface area contributed by atoms with Crippen LogP contribution in [0.3, 0.4) is 0 Å². The SMILES string of the molecule is CC(N)c1ccc(N(CC2CC2)C2CC2)cc1Cl. The molecule has 0 aromatic heterocycles. The Morgan fingerprint density at radius 3 is 2.56 bits per heavy atom.